The molecule has 0 aliphatic heterocycles. The van der Waals surface area contributed by atoms with Crippen molar-refractivity contribution in [3.05, 3.63) is 352 Å². The van der Waals surface area contributed by atoms with E-state index in [2.05, 4.69) is 358 Å². The number of fused-ring (bicyclic) bond motifs is 20. The Kier molecular flexibility index (Phi) is 13.1. The van der Waals surface area contributed by atoms with Crippen LogP contribution in [0.2, 0.25) is 0 Å². The molecular weight excluding hydrogens is 1340 g/mol. The van der Waals surface area contributed by atoms with Gasteiger partial charge >= 0.3 is 0 Å². The number of rotatable bonds is 10. The topological polar surface area (TPSA) is 84.4 Å². The molecule has 8 aromatic heterocycles. The van der Waals surface area contributed by atoms with Gasteiger partial charge < -0.3 is 13.6 Å². The molecular formula is C98H58N8OS. The van der Waals surface area contributed by atoms with Crippen LogP contribution in [-0.4, -0.2) is 38.2 Å². The summed E-state index contributed by atoms with van der Waals surface area (Å²) < 4.78 is 19.0. The van der Waals surface area contributed by atoms with Crippen LogP contribution in [0.15, 0.2) is 356 Å². The Morgan fingerprint density at radius 2 is 0.630 bits per heavy atom. The summed E-state index contributed by atoms with van der Waals surface area (Å²) in [6.45, 7) is 0. The molecule has 0 aliphatic carbocycles. The molecule has 10 heteroatoms. The number of nitrogens with zero attached hydrogens (tertiary/aromatic N) is 8. The first-order valence-corrected chi connectivity index (χ1v) is 37.3. The Bertz CT molecular complexity index is 7600. The van der Waals surface area contributed by atoms with E-state index in [1.165, 1.54) is 42.1 Å². The molecule has 0 radical (unpaired) electrons. The van der Waals surface area contributed by atoms with E-state index in [1.807, 2.05) is 23.5 Å². The predicted molar refractivity (Wildman–Crippen MR) is 448 cm³/mol. The van der Waals surface area contributed by atoms with Crippen molar-refractivity contribution < 1.29 is 4.42 Å². The van der Waals surface area contributed by atoms with Gasteiger partial charge in [0, 0.05) is 108 Å². The maximum Gasteiger partial charge on any atom is 0.235 e. The maximum absolute atomic E-state index is 7.07. The van der Waals surface area contributed by atoms with Crippen LogP contribution < -0.4 is 0 Å². The standard InChI is InChI=1S/C98H58N8OS/c1-5-24-60(25-6-1)73-55-66(56-75-67-32-17-22-43-90(67)108-96(73)75)103-80-38-18-13-33-69(80)91-84(103)49-51-86-93(91)71-35-15-20-40-82(71)105(86)98-101-78(63-30-11-4-12-31-63)58-79(102-98)64-46-44-59(45-47-64)65-48-53-89-74(54-65)68-37-23-42-88(95(68)107-89)104-81-39-19-14-34-70(81)92-85(104)50-52-87-94(92)72-36-16-21-41-83(72)106(87)97-99-76(61-26-7-2-8-27-61)57-77(100-97)62-28-9-3-10-29-62/h1-58H. The molecule has 0 saturated carbocycles. The van der Waals surface area contributed by atoms with Gasteiger partial charge in [-0.05, 0) is 114 Å². The highest BCUT2D eigenvalue weighted by atomic mass is 32.1. The molecule has 502 valence electrons. The van der Waals surface area contributed by atoms with E-state index in [-0.39, 0.29) is 0 Å². The van der Waals surface area contributed by atoms with E-state index in [0.717, 1.165) is 166 Å². The second-order valence-electron chi connectivity index (χ2n) is 28.0. The Labute approximate surface area is 621 Å². The number of furan rings is 1. The Morgan fingerprint density at radius 3 is 1.14 bits per heavy atom. The number of aromatic nitrogens is 8. The van der Waals surface area contributed by atoms with E-state index in [0.29, 0.717) is 11.9 Å². The molecule has 9 nitrogen and oxygen atoms in total. The van der Waals surface area contributed by atoms with Gasteiger partial charge in [-0.1, -0.05) is 255 Å². The average molecular weight is 1400 g/mol. The van der Waals surface area contributed by atoms with E-state index >= 15 is 0 Å². The fraction of sp³-hybridized carbons (Fsp3) is 0. The van der Waals surface area contributed by atoms with E-state index in [1.54, 1.807) is 0 Å². The minimum atomic E-state index is 0.597. The first-order chi connectivity index (χ1) is 53.6. The van der Waals surface area contributed by atoms with Gasteiger partial charge in [0.2, 0.25) is 11.9 Å². The lowest BCUT2D eigenvalue weighted by molar-refractivity contribution is 0.666. The van der Waals surface area contributed by atoms with Gasteiger partial charge in [-0.2, -0.15) is 0 Å². The van der Waals surface area contributed by atoms with Crippen molar-refractivity contribution in [2.24, 2.45) is 0 Å². The first-order valence-electron chi connectivity index (χ1n) is 36.5. The van der Waals surface area contributed by atoms with Crippen molar-refractivity contribution in [1.82, 2.24) is 38.2 Å². The third-order valence-electron chi connectivity index (χ3n) is 22.0. The molecule has 0 N–H and O–H groups in total. The molecule has 0 fully saturated rings. The SMILES string of the molecule is c1ccc(-c2cc(-c3ccc(-c4ccc5oc6c(-n7c8ccccc8c8c9c%10ccccc%10n(-c%10nc(-c%11ccccc%11)cc(-c%11ccccc%11)n%10)c9ccc87)cccc6c5c4)cc3)nc(-n3c4ccccc4c4c5c6ccccc6n(-c6cc(-c7ccccc7)c7sc8ccccc8c7c6)c5ccc43)n2)cc1. The summed E-state index contributed by atoms with van der Waals surface area (Å²) in [7, 11) is 0. The summed E-state index contributed by atoms with van der Waals surface area (Å²) in [6, 6.07) is 126. The Morgan fingerprint density at radius 1 is 0.241 bits per heavy atom. The van der Waals surface area contributed by atoms with Crippen LogP contribution >= 0.6 is 11.3 Å². The molecule has 0 atom stereocenters. The lowest BCUT2D eigenvalue weighted by Crippen LogP contribution is -2.04. The molecule has 8 heterocycles. The lowest BCUT2D eigenvalue weighted by atomic mass is 10.00. The number of benzene rings is 15. The molecule has 0 bridgehead atoms. The largest absolute Gasteiger partial charge is 0.454 e. The van der Waals surface area contributed by atoms with Gasteiger partial charge in [-0.25, -0.2) is 19.9 Å². The first kappa shape index (κ1) is 60.1. The van der Waals surface area contributed by atoms with Gasteiger partial charge in [-0.15, -0.1) is 11.3 Å². The third-order valence-corrected chi connectivity index (χ3v) is 23.2. The van der Waals surface area contributed by atoms with Gasteiger partial charge in [0.1, 0.15) is 5.58 Å². The van der Waals surface area contributed by atoms with E-state index in [9.17, 15) is 0 Å². The van der Waals surface area contributed by atoms with Crippen molar-refractivity contribution >= 4 is 141 Å². The fourth-order valence-corrected chi connectivity index (χ4v) is 18.5. The number of thiophene rings is 1. The number of para-hydroxylation sites is 5. The second-order valence-corrected chi connectivity index (χ2v) is 29.0. The highest BCUT2D eigenvalue weighted by Crippen LogP contribution is 2.49. The average Bonchev–Trinajstić information content (AvgIpc) is 1.55. The maximum atomic E-state index is 7.07. The van der Waals surface area contributed by atoms with Crippen LogP contribution in [0.1, 0.15) is 0 Å². The van der Waals surface area contributed by atoms with Crippen LogP contribution in [0.4, 0.5) is 0 Å². The van der Waals surface area contributed by atoms with Crippen molar-refractivity contribution in [3.63, 3.8) is 0 Å². The summed E-state index contributed by atoms with van der Waals surface area (Å²) in [4.78, 5) is 21.8. The van der Waals surface area contributed by atoms with Crippen molar-refractivity contribution in [3.8, 4) is 90.6 Å². The molecule has 0 saturated heterocycles. The second kappa shape index (κ2) is 23.6. The summed E-state index contributed by atoms with van der Waals surface area (Å²) in [5.74, 6) is 1.21. The minimum Gasteiger partial charge on any atom is -0.454 e. The van der Waals surface area contributed by atoms with E-state index in [4.69, 9.17) is 24.4 Å². The van der Waals surface area contributed by atoms with Crippen LogP contribution in [-0.2, 0) is 0 Å². The predicted octanol–water partition coefficient (Wildman–Crippen LogP) is 25.9. The molecule has 23 rings (SSSR count). The number of hydrogen-bond acceptors (Lipinski definition) is 6. The van der Waals surface area contributed by atoms with Crippen LogP contribution in [0, 0.1) is 0 Å². The van der Waals surface area contributed by atoms with E-state index < -0.39 is 0 Å². The molecule has 108 heavy (non-hydrogen) atoms. The zero-order valence-electron chi connectivity index (χ0n) is 57.9. The van der Waals surface area contributed by atoms with Crippen LogP contribution in [0.25, 0.3) is 220 Å². The molecule has 0 amide bonds. The Balaban J connectivity index is 0.637. The lowest BCUT2D eigenvalue weighted by Gasteiger charge is -2.13. The van der Waals surface area contributed by atoms with Crippen LogP contribution in [0.5, 0.6) is 0 Å². The van der Waals surface area contributed by atoms with Crippen molar-refractivity contribution in [2.45, 2.75) is 0 Å². The highest BCUT2D eigenvalue weighted by molar-refractivity contribution is 7.26. The molecule has 23 aromatic rings. The van der Waals surface area contributed by atoms with Crippen LogP contribution in [0.3, 0.4) is 0 Å². The van der Waals surface area contributed by atoms with Gasteiger partial charge in [0.25, 0.3) is 0 Å². The summed E-state index contributed by atoms with van der Waals surface area (Å²) >= 11 is 1.87. The monoisotopic (exact) mass is 1390 g/mol. The number of hydrogen-bond donors (Lipinski definition) is 0. The zero-order chi connectivity index (χ0) is 70.7. The van der Waals surface area contributed by atoms with Gasteiger partial charge in [0.15, 0.2) is 5.58 Å². The molecule has 0 spiro atoms. The Hall–Kier alpha value is -14.3. The quantitative estimate of drug-likeness (QED) is 0.136. The van der Waals surface area contributed by atoms with Gasteiger partial charge in [-0.3, -0.25) is 9.13 Å². The minimum absolute atomic E-state index is 0.597. The normalized spacial score (nSPS) is 12.1. The molecule has 15 aromatic carbocycles. The summed E-state index contributed by atoms with van der Waals surface area (Å²) in [5, 5.41) is 13.8. The summed E-state index contributed by atoms with van der Waals surface area (Å²) in [5.41, 5.74) is 24.2. The van der Waals surface area contributed by atoms with Crippen molar-refractivity contribution in [2.75, 3.05) is 0 Å². The highest BCUT2D eigenvalue weighted by Gasteiger charge is 2.27. The fourth-order valence-electron chi connectivity index (χ4n) is 17.2. The summed E-state index contributed by atoms with van der Waals surface area (Å²) in [6.07, 6.45) is 0. The molecule has 0 unspecified atom stereocenters. The smallest absolute Gasteiger partial charge is 0.235 e. The third kappa shape index (κ3) is 9.11. The van der Waals surface area contributed by atoms with Gasteiger partial charge in [0.05, 0.1) is 72.6 Å². The van der Waals surface area contributed by atoms with Crippen molar-refractivity contribution in [1.29, 1.82) is 0 Å². The zero-order valence-corrected chi connectivity index (χ0v) is 58.7. The molecule has 0 aliphatic rings.